The number of fused-ring (bicyclic) bond motifs is 1. The van der Waals surface area contributed by atoms with Crippen molar-refractivity contribution >= 4 is 11.8 Å². The highest BCUT2D eigenvalue weighted by molar-refractivity contribution is 5.69. The molecule has 0 amide bonds. The van der Waals surface area contributed by atoms with E-state index >= 15 is 0 Å². The van der Waals surface area contributed by atoms with Crippen LogP contribution in [0.15, 0.2) is 42.5 Å². The highest BCUT2D eigenvalue weighted by atomic mass is 14.9. The first-order valence-corrected chi connectivity index (χ1v) is 5.47. The lowest BCUT2D eigenvalue weighted by Gasteiger charge is -2.09. The highest BCUT2D eigenvalue weighted by Gasteiger charge is 2.10. The van der Waals surface area contributed by atoms with Crippen molar-refractivity contribution in [3.05, 3.63) is 48.1 Å². The summed E-state index contributed by atoms with van der Waals surface area (Å²) in [6.07, 6.45) is 5.41. The molecule has 0 aromatic heterocycles. The van der Waals surface area contributed by atoms with Crippen LogP contribution in [-0.4, -0.2) is 6.54 Å². The molecule has 15 heavy (non-hydrogen) atoms. The van der Waals surface area contributed by atoms with Crippen LogP contribution < -0.4 is 5.32 Å². The molecule has 78 valence electrons. The van der Waals surface area contributed by atoms with E-state index in [9.17, 15) is 0 Å². The maximum Gasteiger partial charge on any atom is 0.0413 e. The number of nitrogens with one attached hydrogen (secondary N) is 1. The van der Waals surface area contributed by atoms with E-state index in [-0.39, 0.29) is 0 Å². The zero-order valence-electron chi connectivity index (χ0n) is 9.16. The predicted molar refractivity (Wildman–Crippen MR) is 66.9 cm³/mol. The van der Waals surface area contributed by atoms with Crippen LogP contribution in [0.5, 0.6) is 0 Å². The molecule has 1 aliphatic rings. The third-order valence-electron chi connectivity index (χ3n) is 2.97. The molecule has 1 aromatic rings. The van der Waals surface area contributed by atoms with Crippen LogP contribution >= 0.6 is 0 Å². The van der Waals surface area contributed by atoms with Gasteiger partial charge in [0.05, 0.1) is 0 Å². The summed E-state index contributed by atoms with van der Waals surface area (Å²) in [7, 11) is 0. The molecule has 1 heterocycles. The van der Waals surface area contributed by atoms with E-state index in [0.717, 1.165) is 13.0 Å². The Bertz CT molecular complexity index is 390. The monoisotopic (exact) mass is 199 g/mol. The minimum atomic E-state index is 0.470. The molecule has 1 nitrogen and oxygen atoms in total. The maximum atomic E-state index is 3.86. The molecule has 0 bridgehead atoms. The molecular weight excluding hydrogens is 182 g/mol. The summed E-state index contributed by atoms with van der Waals surface area (Å²) in [4.78, 5) is 0. The van der Waals surface area contributed by atoms with E-state index in [1.807, 2.05) is 6.08 Å². The third-order valence-corrected chi connectivity index (χ3v) is 2.97. The quantitative estimate of drug-likeness (QED) is 0.716. The molecule has 0 spiro atoms. The van der Waals surface area contributed by atoms with Crippen LogP contribution in [-0.2, 0) is 0 Å². The van der Waals surface area contributed by atoms with Crippen LogP contribution in [0.25, 0.3) is 6.08 Å². The molecule has 1 unspecified atom stereocenters. The minimum absolute atomic E-state index is 0.470. The number of para-hydroxylation sites is 1. The normalized spacial score (nSPS) is 16.7. The zero-order valence-corrected chi connectivity index (χ0v) is 9.16. The van der Waals surface area contributed by atoms with Crippen molar-refractivity contribution in [2.45, 2.75) is 13.3 Å². The van der Waals surface area contributed by atoms with Crippen molar-refractivity contribution in [2.75, 3.05) is 11.9 Å². The Balaban J connectivity index is 2.37. The summed E-state index contributed by atoms with van der Waals surface area (Å²) in [6, 6.07) is 8.44. The van der Waals surface area contributed by atoms with Gasteiger partial charge in [0.1, 0.15) is 0 Å². The molecule has 2 rings (SSSR count). The summed E-state index contributed by atoms with van der Waals surface area (Å²) >= 11 is 0. The summed E-state index contributed by atoms with van der Waals surface area (Å²) < 4.78 is 0. The molecule has 0 fully saturated rings. The number of benzene rings is 1. The molecule has 1 N–H and O–H groups in total. The van der Waals surface area contributed by atoms with Gasteiger partial charge in [-0.3, -0.25) is 0 Å². The maximum absolute atomic E-state index is 3.86. The number of allylic oxidation sites excluding steroid dienone is 1. The summed E-state index contributed by atoms with van der Waals surface area (Å²) in [6.45, 7) is 7.08. The molecule has 1 atom stereocenters. The fourth-order valence-corrected chi connectivity index (χ4v) is 1.91. The van der Waals surface area contributed by atoms with Gasteiger partial charge in [0, 0.05) is 12.2 Å². The van der Waals surface area contributed by atoms with E-state index in [1.165, 1.54) is 16.8 Å². The topological polar surface area (TPSA) is 12.0 Å². The second kappa shape index (κ2) is 4.35. The number of hydrogen-bond donors (Lipinski definition) is 1. The van der Waals surface area contributed by atoms with Crippen LogP contribution in [0, 0.1) is 5.92 Å². The lowest BCUT2D eigenvalue weighted by molar-refractivity contribution is 0.805. The Kier molecular flexibility index (Phi) is 2.91. The Morgan fingerprint density at radius 1 is 1.40 bits per heavy atom. The molecule has 0 saturated heterocycles. The van der Waals surface area contributed by atoms with Crippen LogP contribution in [0.1, 0.15) is 18.9 Å². The van der Waals surface area contributed by atoms with Gasteiger partial charge in [-0.05, 0) is 24.0 Å². The smallest absolute Gasteiger partial charge is 0.0413 e. The average molecular weight is 199 g/mol. The van der Waals surface area contributed by atoms with E-state index in [1.54, 1.807) is 0 Å². The molecule has 1 aliphatic heterocycles. The third kappa shape index (κ3) is 2.12. The van der Waals surface area contributed by atoms with Crippen molar-refractivity contribution in [3.8, 4) is 0 Å². The standard InChI is InChI=1S/C14H17N/c1-3-11(2)12-8-9-15-14-7-5-4-6-13(14)10-12/h3-7,10-11,15H,1,8-9H2,2H3. The van der Waals surface area contributed by atoms with E-state index in [2.05, 4.69) is 49.2 Å². The van der Waals surface area contributed by atoms with Crippen molar-refractivity contribution < 1.29 is 0 Å². The largest absolute Gasteiger partial charge is 0.384 e. The lowest BCUT2D eigenvalue weighted by atomic mass is 9.96. The van der Waals surface area contributed by atoms with E-state index in [0.29, 0.717) is 5.92 Å². The van der Waals surface area contributed by atoms with Gasteiger partial charge in [0.15, 0.2) is 0 Å². The Labute approximate surface area is 91.5 Å². The summed E-state index contributed by atoms with van der Waals surface area (Å²) in [5.41, 5.74) is 3.99. The van der Waals surface area contributed by atoms with Crippen molar-refractivity contribution in [1.29, 1.82) is 0 Å². The first-order chi connectivity index (χ1) is 7.31. The van der Waals surface area contributed by atoms with Crippen LogP contribution in [0.2, 0.25) is 0 Å². The van der Waals surface area contributed by atoms with Crippen LogP contribution in [0.4, 0.5) is 5.69 Å². The minimum Gasteiger partial charge on any atom is -0.384 e. The highest BCUT2D eigenvalue weighted by Crippen LogP contribution is 2.26. The molecule has 0 aliphatic carbocycles. The van der Waals surface area contributed by atoms with Gasteiger partial charge in [-0.25, -0.2) is 0 Å². The number of anilines is 1. The SMILES string of the molecule is C=CC(C)C1=Cc2ccccc2NCC1. The van der Waals surface area contributed by atoms with E-state index in [4.69, 9.17) is 0 Å². The van der Waals surface area contributed by atoms with Crippen molar-refractivity contribution in [3.63, 3.8) is 0 Å². The summed E-state index contributed by atoms with van der Waals surface area (Å²) in [5, 5.41) is 3.45. The van der Waals surface area contributed by atoms with E-state index < -0.39 is 0 Å². The number of rotatable bonds is 2. The first-order valence-electron chi connectivity index (χ1n) is 5.47. The lowest BCUT2D eigenvalue weighted by Crippen LogP contribution is -2.03. The van der Waals surface area contributed by atoms with Gasteiger partial charge in [-0.2, -0.15) is 0 Å². The molecule has 1 heteroatoms. The van der Waals surface area contributed by atoms with Gasteiger partial charge in [0.25, 0.3) is 0 Å². The average Bonchev–Trinajstić information content (AvgIpc) is 2.49. The molecular formula is C14H17N. The zero-order chi connectivity index (χ0) is 10.7. The van der Waals surface area contributed by atoms with Gasteiger partial charge >= 0.3 is 0 Å². The second-order valence-corrected chi connectivity index (χ2v) is 4.01. The van der Waals surface area contributed by atoms with Crippen molar-refractivity contribution in [2.24, 2.45) is 5.92 Å². The number of hydrogen-bond acceptors (Lipinski definition) is 1. The Hall–Kier alpha value is -1.50. The predicted octanol–water partition coefficient (Wildman–Crippen LogP) is 3.71. The first kappa shape index (κ1) is 10.0. The molecule has 1 aromatic carbocycles. The second-order valence-electron chi connectivity index (χ2n) is 4.01. The molecule has 0 radical (unpaired) electrons. The Morgan fingerprint density at radius 3 is 3.00 bits per heavy atom. The van der Waals surface area contributed by atoms with Gasteiger partial charge < -0.3 is 5.32 Å². The fourth-order valence-electron chi connectivity index (χ4n) is 1.91. The van der Waals surface area contributed by atoms with Crippen molar-refractivity contribution in [1.82, 2.24) is 0 Å². The van der Waals surface area contributed by atoms with Gasteiger partial charge in [-0.1, -0.05) is 42.8 Å². The van der Waals surface area contributed by atoms with Gasteiger partial charge in [0.2, 0.25) is 0 Å². The van der Waals surface area contributed by atoms with Gasteiger partial charge in [-0.15, -0.1) is 6.58 Å². The fraction of sp³-hybridized carbons (Fsp3) is 0.286. The molecule has 0 saturated carbocycles. The van der Waals surface area contributed by atoms with Crippen LogP contribution in [0.3, 0.4) is 0 Å². The summed E-state index contributed by atoms with van der Waals surface area (Å²) in [5.74, 6) is 0.470. The Morgan fingerprint density at radius 2 is 2.20 bits per heavy atom.